The van der Waals surface area contributed by atoms with Crippen LogP contribution in [0.2, 0.25) is 0 Å². The topological polar surface area (TPSA) is 92.4 Å². The summed E-state index contributed by atoms with van der Waals surface area (Å²) < 4.78 is 18.8. The first-order valence-electron chi connectivity index (χ1n) is 10.0. The Morgan fingerprint density at radius 1 is 1.07 bits per heavy atom. The average molecular weight is 414 g/mol. The molecule has 3 N–H and O–H groups in total. The maximum atomic E-state index is 13.5. The molecule has 0 aliphatic heterocycles. The second-order valence-corrected chi connectivity index (χ2v) is 7.58. The number of nitrogens with zero attached hydrogens (tertiary/aromatic N) is 1. The molecule has 8 heteroatoms. The van der Waals surface area contributed by atoms with E-state index in [4.69, 9.17) is 4.74 Å². The van der Waals surface area contributed by atoms with E-state index < -0.39 is 0 Å². The van der Waals surface area contributed by atoms with Crippen molar-refractivity contribution >= 4 is 17.8 Å². The first-order valence-corrected chi connectivity index (χ1v) is 10.0. The molecule has 1 saturated carbocycles. The van der Waals surface area contributed by atoms with Gasteiger partial charge in [0.05, 0.1) is 7.11 Å². The molecule has 3 rings (SSSR count). The number of halogens is 1. The lowest BCUT2D eigenvalue weighted by molar-refractivity contribution is -0.119. The number of aromatic nitrogens is 1. The fraction of sp³-hybridized carbons (Fsp3) is 0.409. The lowest BCUT2D eigenvalue weighted by Crippen LogP contribution is -2.44. The van der Waals surface area contributed by atoms with Crippen molar-refractivity contribution in [3.8, 4) is 16.9 Å². The Balaban J connectivity index is 1.65. The third-order valence-corrected chi connectivity index (χ3v) is 5.27. The van der Waals surface area contributed by atoms with Crippen molar-refractivity contribution in [2.24, 2.45) is 0 Å². The molecule has 1 fully saturated rings. The molecule has 0 saturated heterocycles. The molecule has 0 radical (unpaired) electrons. The Hall–Kier alpha value is -3.16. The van der Waals surface area contributed by atoms with Crippen LogP contribution < -0.4 is 20.7 Å². The van der Waals surface area contributed by atoms with Gasteiger partial charge in [0.1, 0.15) is 17.4 Å². The lowest BCUT2D eigenvalue weighted by atomic mass is 9.91. The van der Waals surface area contributed by atoms with E-state index in [-0.39, 0.29) is 29.8 Å². The molecule has 1 heterocycles. The molecule has 0 unspecified atom stereocenters. The molecule has 7 nitrogen and oxygen atoms in total. The van der Waals surface area contributed by atoms with Gasteiger partial charge in [0.15, 0.2) is 0 Å². The van der Waals surface area contributed by atoms with Crippen LogP contribution in [0.15, 0.2) is 30.5 Å². The van der Waals surface area contributed by atoms with Crippen molar-refractivity contribution in [3.63, 3.8) is 0 Å². The number of methoxy groups -OCH3 is 1. The van der Waals surface area contributed by atoms with E-state index >= 15 is 0 Å². The zero-order valence-corrected chi connectivity index (χ0v) is 17.4. The number of benzene rings is 1. The summed E-state index contributed by atoms with van der Waals surface area (Å²) in [6.45, 7) is 3.41. The van der Waals surface area contributed by atoms with Crippen LogP contribution in [0.3, 0.4) is 0 Å². The molecule has 1 aliphatic carbocycles. The first kappa shape index (κ1) is 21.5. The van der Waals surface area contributed by atoms with Crippen molar-refractivity contribution in [1.29, 1.82) is 0 Å². The van der Waals surface area contributed by atoms with Crippen LogP contribution in [0.1, 0.15) is 38.2 Å². The van der Waals surface area contributed by atoms with Crippen molar-refractivity contribution in [1.82, 2.24) is 15.6 Å². The molecule has 3 amide bonds. The summed E-state index contributed by atoms with van der Waals surface area (Å²) in [7, 11) is 1.49. The van der Waals surface area contributed by atoms with E-state index in [1.807, 2.05) is 6.92 Å². The molecule has 30 heavy (non-hydrogen) atoms. The highest BCUT2D eigenvalue weighted by atomic mass is 19.1. The monoisotopic (exact) mass is 414 g/mol. The van der Waals surface area contributed by atoms with Gasteiger partial charge in [-0.2, -0.15) is 0 Å². The number of hydrogen-bond acceptors (Lipinski definition) is 4. The number of amides is 3. The summed E-state index contributed by atoms with van der Waals surface area (Å²) in [6.07, 6.45) is 4.94. The van der Waals surface area contributed by atoms with Gasteiger partial charge in [0.25, 0.3) is 0 Å². The first-order chi connectivity index (χ1) is 14.4. The Kier molecular flexibility index (Phi) is 6.87. The normalized spacial score (nSPS) is 18.4. The van der Waals surface area contributed by atoms with E-state index in [0.29, 0.717) is 11.6 Å². The molecule has 1 aliphatic rings. The van der Waals surface area contributed by atoms with E-state index in [9.17, 15) is 14.0 Å². The number of pyridine rings is 1. The van der Waals surface area contributed by atoms with Gasteiger partial charge in [-0.25, -0.2) is 14.2 Å². The summed E-state index contributed by atoms with van der Waals surface area (Å²) in [5, 5.41) is 8.67. The Morgan fingerprint density at radius 3 is 2.37 bits per heavy atom. The van der Waals surface area contributed by atoms with Crippen LogP contribution in [0.5, 0.6) is 5.75 Å². The van der Waals surface area contributed by atoms with Gasteiger partial charge in [0, 0.05) is 36.8 Å². The van der Waals surface area contributed by atoms with Crippen LogP contribution in [0.25, 0.3) is 11.1 Å². The predicted octanol–water partition coefficient (Wildman–Crippen LogP) is 3.77. The minimum Gasteiger partial charge on any atom is -0.496 e. The molecule has 1 aromatic heterocycles. The van der Waals surface area contributed by atoms with Gasteiger partial charge in [-0.1, -0.05) is 0 Å². The SMILES string of the molecule is COc1cc(F)ccc1-c1cc(NC(=O)NC2CCC(NC(C)=O)CC2)ncc1C. The maximum absolute atomic E-state index is 13.5. The number of aryl methyl sites for hydroxylation is 1. The maximum Gasteiger partial charge on any atom is 0.320 e. The highest BCUT2D eigenvalue weighted by Crippen LogP contribution is 2.33. The summed E-state index contributed by atoms with van der Waals surface area (Å²) in [5.74, 6) is 0.401. The smallest absolute Gasteiger partial charge is 0.320 e. The van der Waals surface area contributed by atoms with Crippen molar-refractivity contribution in [3.05, 3.63) is 41.8 Å². The molecule has 0 atom stereocenters. The van der Waals surface area contributed by atoms with E-state index in [1.165, 1.54) is 26.2 Å². The number of hydrogen-bond donors (Lipinski definition) is 3. The molecular formula is C22H27FN4O3. The van der Waals surface area contributed by atoms with Gasteiger partial charge in [-0.3, -0.25) is 10.1 Å². The number of carbonyl (C=O) groups is 2. The van der Waals surface area contributed by atoms with Gasteiger partial charge in [0.2, 0.25) is 5.91 Å². The number of carbonyl (C=O) groups excluding carboxylic acids is 2. The quantitative estimate of drug-likeness (QED) is 0.694. The van der Waals surface area contributed by atoms with Crippen LogP contribution in [0.4, 0.5) is 15.0 Å². The van der Waals surface area contributed by atoms with Crippen LogP contribution >= 0.6 is 0 Å². The van der Waals surface area contributed by atoms with Crippen LogP contribution in [-0.4, -0.2) is 36.1 Å². The Bertz CT molecular complexity index is 927. The number of rotatable bonds is 5. The lowest BCUT2D eigenvalue weighted by Gasteiger charge is -2.29. The van der Waals surface area contributed by atoms with Gasteiger partial charge in [-0.15, -0.1) is 0 Å². The van der Waals surface area contributed by atoms with Crippen molar-refractivity contribution < 1.29 is 18.7 Å². The van der Waals surface area contributed by atoms with Crippen molar-refractivity contribution in [2.45, 2.75) is 51.6 Å². The summed E-state index contributed by atoms with van der Waals surface area (Å²) in [6, 6.07) is 5.99. The van der Waals surface area contributed by atoms with Crippen LogP contribution in [-0.2, 0) is 4.79 Å². The Labute approximate surface area is 175 Å². The summed E-state index contributed by atoms with van der Waals surface area (Å²) >= 11 is 0. The number of urea groups is 1. The minimum atomic E-state index is -0.381. The number of ether oxygens (including phenoxy) is 1. The third kappa shape index (κ3) is 5.46. The van der Waals surface area contributed by atoms with E-state index in [0.717, 1.165) is 42.4 Å². The third-order valence-electron chi connectivity index (χ3n) is 5.27. The molecule has 160 valence electrons. The molecule has 1 aromatic carbocycles. The summed E-state index contributed by atoms with van der Waals surface area (Å²) in [5.41, 5.74) is 2.40. The second-order valence-electron chi connectivity index (χ2n) is 7.58. The highest BCUT2D eigenvalue weighted by molar-refractivity contribution is 5.89. The fourth-order valence-corrected chi connectivity index (χ4v) is 3.78. The molecule has 0 spiro atoms. The van der Waals surface area contributed by atoms with Gasteiger partial charge >= 0.3 is 6.03 Å². The predicted molar refractivity (Wildman–Crippen MR) is 113 cm³/mol. The van der Waals surface area contributed by atoms with Crippen molar-refractivity contribution in [2.75, 3.05) is 12.4 Å². The fourth-order valence-electron chi connectivity index (χ4n) is 3.78. The Morgan fingerprint density at radius 2 is 1.73 bits per heavy atom. The molecule has 0 bridgehead atoms. The van der Waals surface area contributed by atoms with Crippen LogP contribution in [0, 0.1) is 12.7 Å². The average Bonchev–Trinajstić information content (AvgIpc) is 2.70. The largest absolute Gasteiger partial charge is 0.496 e. The number of nitrogens with one attached hydrogen (secondary N) is 3. The highest BCUT2D eigenvalue weighted by Gasteiger charge is 2.23. The summed E-state index contributed by atoms with van der Waals surface area (Å²) in [4.78, 5) is 27.9. The standard InChI is InChI=1S/C22H27FN4O3/c1-13-12-24-21(11-19(13)18-9-4-15(23)10-20(18)30-3)27-22(29)26-17-7-5-16(6-8-17)25-14(2)28/h4,9-12,16-17H,5-8H2,1-3H3,(H,25,28)(H2,24,26,27,29). The molecular weight excluding hydrogens is 387 g/mol. The second kappa shape index (κ2) is 9.56. The zero-order chi connectivity index (χ0) is 21.7. The zero-order valence-electron chi connectivity index (χ0n) is 17.4. The van der Waals surface area contributed by atoms with E-state index in [1.54, 1.807) is 18.3 Å². The van der Waals surface area contributed by atoms with Gasteiger partial charge < -0.3 is 15.4 Å². The van der Waals surface area contributed by atoms with E-state index in [2.05, 4.69) is 20.9 Å². The molecule has 2 aromatic rings. The van der Waals surface area contributed by atoms with Gasteiger partial charge in [-0.05, 0) is 61.9 Å². The number of anilines is 1. The minimum absolute atomic E-state index is 0.0248.